The average Bonchev–Trinajstić information content (AvgIpc) is 2.94. The van der Waals surface area contributed by atoms with Crippen molar-refractivity contribution in [2.45, 2.75) is 55.5 Å². The number of aryl methyl sites for hydroxylation is 1. The maximum atomic E-state index is 13.1. The van der Waals surface area contributed by atoms with Crippen LogP contribution in [0.15, 0.2) is 39.1 Å². The predicted molar refractivity (Wildman–Crippen MR) is 108 cm³/mol. The first-order chi connectivity index (χ1) is 12.3. The van der Waals surface area contributed by atoms with Gasteiger partial charge in [-0.3, -0.25) is 14.2 Å². The summed E-state index contributed by atoms with van der Waals surface area (Å²) < 4.78 is 1.64. The van der Waals surface area contributed by atoms with Gasteiger partial charge in [0.15, 0.2) is 5.16 Å². The first kappa shape index (κ1) is 19.0. The fourth-order valence-electron chi connectivity index (χ4n) is 2.81. The second-order valence-electron chi connectivity index (χ2n) is 6.79. The van der Waals surface area contributed by atoms with Crippen molar-refractivity contribution in [3.8, 4) is 5.69 Å². The molecule has 1 amide bonds. The molecule has 26 heavy (non-hydrogen) atoms. The molecule has 5 nitrogen and oxygen atoms in total. The number of benzene rings is 1. The van der Waals surface area contributed by atoms with Crippen LogP contribution in [0.5, 0.6) is 0 Å². The largest absolute Gasteiger partial charge is 0.353 e. The number of aromatic nitrogens is 2. The highest BCUT2D eigenvalue weighted by Gasteiger charge is 2.27. The number of rotatable bonds is 5. The van der Waals surface area contributed by atoms with Crippen LogP contribution in [0.4, 0.5) is 0 Å². The maximum absolute atomic E-state index is 13.1. The standard InChI is InChI=1S/C19H23N3O2S2/c1-11(2)20-16(23)10-25-19-21-15-9-13(4)26-17(15)18(24)22(19)14-7-5-12(3)6-8-14/h5-8,11,13H,9-10H2,1-4H3,(H,20,23). The summed E-state index contributed by atoms with van der Waals surface area (Å²) >= 11 is 2.89. The van der Waals surface area contributed by atoms with E-state index < -0.39 is 0 Å². The average molecular weight is 390 g/mol. The maximum Gasteiger partial charge on any atom is 0.272 e. The molecule has 0 aliphatic carbocycles. The Labute approximate surface area is 162 Å². The zero-order valence-electron chi connectivity index (χ0n) is 15.4. The van der Waals surface area contributed by atoms with Gasteiger partial charge in [-0.15, -0.1) is 11.8 Å². The molecule has 3 rings (SSSR count). The van der Waals surface area contributed by atoms with Crippen molar-refractivity contribution >= 4 is 29.4 Å². The normalized spacial score (nSPS) is 16.0. The van der Waals surface area contributed by atoms with Gasteiger partial charge in [0, 0.05) is 17.7 Å². The van der Waals surface area contributed by atoms with Gasteiger partial charge in [-0.25, -0.2) is 4.98 Å². The minimum absolute atomic E-state index is 0.0417. The Morgan fingerprint density at radius 2 is 2.08 bits per heavy atom. The fraction of sp³-hybridized carbons (Fsp3) is 0.421. The molecule has 1 aromatic heterocycles. The van der Waals surface area contributed by atoms with Crippen molar-refractivity contribution in [1.29, 1.82) is 0 Å². The second kappa shape index (κ2) is 7.88. The highest BCUT2D eigenvalue weighted by molar-refractivity contribution is 8.00. The summed E-state index contributed by atoms with van der Waals surface area (Å²) in [6.45, 7) is 7.97. The molecule has 1 aliphatic rings. The first-order valence-corrected chi connectivity index (χ1v) is 10.5. The SMILES string of the molecule is Cc1ccc(-n2c(SCC(=O)NC(C)C)nc3c(c2=O)SC(C)C3)cc1. The highest BCUT2D eigenvalue weighted by Crippen LogP contribution is 2.34. The Morgan fingerprint density at radius 1 is 1.38 bits per heavy atom. The van der Waals surface area contributed by atoms with Crippen LogP contribution in [0.2, 0.25) is 0 Å². The fourth-order valence-corrected chi connectivity index (χ4v) is 4.75. The summed E-state index contributed by atoms with van der Waals surface area (Å²) in [4.78, 5) is 30.6. The van der Waals surface area contributed by atoms with E-state index in [0.29, 0.717) is 10.4 Å². The molecule has 1 aliphatic heterocycles. The number of fused-ring (bicyclic) bond motifs is 1. The van der Waals surface area contributed by atoms with Crippen molar-refractivity contribution in [3.05, 3.63) is 45.9 Å². The van der Waals surface area contributed by atoms with Crippen LogP contribution in [0, 0.1) is 6.92 Å². The molecule has 2 aromatic rings. The molecule has 0 fully saturated rings. The van der Waals surface area contributed by atoms with E-state index in [1.807, 2.05) is 45.0 Å². The van der Waals surface area contributed by atoms with Crippen LogP contribution in [0.1, 0.15) is 32.0 Å². The van der Waals surface area contributed by atoms with Crippen LogP contribution in [-0.2, 0) is 11.2 Å². The van der Waals surface area contributed by atoms with Gasteiger partial charge in [-0.05, 0) is 32.9 Å². The Hall–Kier alpha value is -1.73. The van der Waals surface area contributed by atoms with Gasteiger partial charge in [0.05, 0.1) is 22.0 Å². The van der Waals surface area contributed by atoms with Crippen LogP contribution < -0.4 is 10.9 Å². The van der Waals surface area contributed by atoms with Crippen LogP contribution in [0.25, 0.3) is 5.69 Å². The second-order valence-corrected chi connectivity index (χ2v) is 9.18. The molecule has 2 heterocycles. The van der Waals surface area contributed by atoms with Crippen LogP contribution >= 0.6 is 23.5 Å². The van der Waals surface area contributed by atoms with E-state index in [9.17, 15) is 9.59 Å². The third-order valence-corrected chi connectivity index (χ3v) is 6.11. The summed E-state index contributed by atoms with van der Waals surface area (Å²) in [5, 5.41) is 3.80. The minimum atomic E-state index is -0.0575. The topological polar surface area (TPSA) is 64.0 Å². The molecule has 138 valence electrons. The Bertz CT molecular complexity index is 876. The van der Waals surface area contributed by atoms with Crippen molar-refractivity contribution in [2.75, 3.05) is 5.75 Å². The lowest BCUT2D eigenvalue weighted by Gasteiger charge is -2.14. The van der Waals surface area contributed by atoms with Crippen molar-refractivity contribution in [3.63, 3.8) is 0 Å². The van der Waals surface area contributed by atoms with E-state index in [4.69, 9.17) is 4.98 Å². The van der Waals surface area contributed by atoms with Gasteiger partial charge in [0.25, 0.3) is 5.56 Å². The van der Waals surface area contributed by atoms with E-state index in [2.05, 4.69) is 12.2 Å². The first-order valence-electron chi connectivity index (χ1n) is 8.67. The Kier molecular flexibility index (Phi) is 5.77. The zero-order valence-corrected chi connectivity index (χ0v) is 17.0. The third kappa shape index (κ3) is 4.15. The van der Waals surface area contributed by atoms with E-state index in [-0.39, 0.29) is 23.3 Å². The number of nitrogens with zero attached hydrogens (tertiary/aromatic N) is 2. The number of amides is 1. The van der Waals surface area contributed by atoms with E-state index in [0.717, 1.165) is 28.3 Å². The lowest BCUT2D eigenvalue weighted by molar-refractivity contribution is -0.119. The molecule has 0 radical (unpaired) electrons. The highest BCUT2D eigenvalue weighted by atomic mass is 32.2. The van der Waals surface area contributed by atoms with Gasteiger partial charge in [-0.2, -0.15) is 0 Å². The Morgan fingerprint density at radius 3 is 2.73 bits per heavy atom. The van der Waals surface area contributed by atoms with Gasteiger partial charge in [0.1, 0.15) is 0 Å². The molecule has 7 heteroatoms. The van der Waals surface area contributed by atoms with Gasteiger partial charge >= 0.3 is 0 Å². The molecular weight excluding hydrogens is 366 g/mol. The number of thioether (sulfide) groups is 2. The van der Waals surface area contributed by atoms with Crippen molar-refractivity contribution in [2.24, 2.45) is 0 Å². The summed E-state index contributed by atoms with van der Waals surface area (Å²) in [5.74, 6) is 0.177. The molecule has 0 saturated heterocycles. The molecular formula is C19H23N3O2S2. The predicted octanol–water partition coefficient (Wildman–Crippen LogP) is 3.19. The third-order valence-electron chi connectivity index (χ3n) is 3.96. The van der Waals surface area contributed by atoms with Gasteiger partial charge in [0.2, 0.25) is 5.91 Å². The Balaban J connectivity index is 2.00. The molecule has 0 saturated carbocycles. The summed E-state index contributed by atoms with van der Waals surface area (Å²) in [6.07, 6.45) is 0.787. The summed E-state index contributed by atoms with van der Waals surface area (Å²) in [6, 6.07) is 7.89. The van der Waals surface area contributed by atoms with Crippen molar-refractivity contribution in [1.82, 2.24) is 14.9 Å². The number of carbonyl (C=O) groups is 1. The molecule has 1 unspecified atom stereocenters. The van der Waals surface area contributed by atoms with Crippen LogP contribution in [0.3, 0.4) is 0 Å². The molecule has 1 atom stereocenters. The van der Waals surface area contributed by atoms with Crippen LogP contribution in [-0.4, -0.2) is 32.5 Å². The lowest BCUT2D eigenvalue weighted by Crippen LogP contribution is -2.32. The molecule has 0 spiro atoms. The smallest absolute Gasteiger partial charge is 0.272 e. The summed E-state index contributed by atoms with van der Waals surface area (Å²) in [5.41, 5.74) is 2.72. The summed E-state index contributed by atoms with van der Waals surface area (Å²) in [7, 11) is 0. The van der Waals surface area contributed by atoms with E-state index in [1.54, 1.807) is 16.3 Å². The minimum Gasteiger partial charge on any atom is -0.353 e. The number of nitrogens with one attached hydrogen (secondary N) is 1. The zero-order chi connectivity index (χ0) is 18.8. The number of carbonyl (C=O) groups excluding carboxylic acids is 1. The quantitative estimate of drug-likeness (QED) is 0.628. The van der Waals surface area contributed by atoms with Gasteiger partial charge < -0.3 is 5.32 Å². The molecule has 0 bridgehead atoms. The monoisotopic (exact) mass is 389 g/mol. The molecule has 1 aromatic carbocycles. The number of hydrogen-bond donors (Lipinski definition) is 1. The lowest BCUT2D eigenvalue weighted by atomic mass is 10.2. The van der Waals surface area contributed by atoms with Crippen molar-refractivity contribution < 1.29 is 4.79 Å². The number of hydrogen-bond acceptors (Lipinski definition) is 5. The molecule has 1 N–H and O–H groups in total. The van der Waals surface area contributed by atoms with Gasteiger partial charge in [-0.1, -0.05) is 36.4 Å². The van der Waals surface area contributed by atoms with E-state index >= 15 is 0 Å². The van der Waals surface area contributed by atoms with E-state index in [1.165, 1.54) is 11.8 Å².